The number of fused-ring (bicyclic) bond motifs is 1. The van der Waals surface area contributed by atoms with Gasteiger partial charge in [0.2, 0.25) is 0 Å². The number of nitrogens with two attached hydrogens (primary N) is 2. The number of halogens is 2. The number of nitrogens with one attached hydrogen (secondary N) is 3. The van der Waals surface area contributed by atoms with E-state index in [4.69, 9.17) is 22.3 Å². The molecule has 0 saturated carbocycles. The minimum Gasteiger partial charge on any atom is -0.384 e. The number of hydrogen-bond acceptors (Lipinski definition) is 2. The van der Waals surface area contributed by atoms with Crippen molar-refractivity contribution in [2.75, 3.05) is 0 Å². The van der Waals surface area contributed by atoms with Crippen molar-refractivity contribution < 1.29 is 0 Å². The van der Waals surface area contributed by atoms with Crippen LogP contribution in [0.1, 0.15) is 11.1 Å². The molecule has 0 aliphatic carbocycles. The van der Waals surface area contributed by atoms with E-state index in [2.05, 4.69) is 29.2 Å². The van der Waals surface area contributed by atoms with Crippen molar-refractivity contribution in [3.8, 4) is 22.4 Å². The van der Waals surface area contributed by atoms with Gasteiger partial charge in [-0.05, 0) is 28.8 Å². The Morgan fingerprint density at radius 3 is 1.62 bits per heavy atom. The lowest BCUT2D eigenvalue weighted by Crippen LogP contribution is -2.10. The van der Waals surface area contributed by atoms with Gasteiger partial charge in [-0.15, -0.1) is 24.8 Å². The maximum atomic E-state index is 7.49. The Hall–Kier alpha value is -3.28. The molecule has 0 saturated heterocycles. The van der Waals surface area contributed by atoms with E-state index in [1.165, 1.54) is 0 Å². The molecule has 7 N–H and O–H groups in total. The van der Waals surface area contributed by atoms with Crippen LogP contribution in [0.2, 0.25) is 0 Å². The largest absolute Gasteiger partial charge is 0.384 e. The summed E-state index contributed by atoms with van der Waals surface area (Å²) in [6.45, 7) is 0. The molecular weight excluding hydrogens is 405 g/mol. The van der Waals surface area contributed by atoms with Crippen molar-refractivity contribution >= 4 is 47.4 Å². The molecule has 0 fully saturated rings. The zero-order chi connectivity index (χ0) is 19.0. The molecule has 0 spiro atoms. The van der Waals surface area contributed by atoms with E-state index in [-0.39, 0.29) is 36.5 Å². The summed E-state index contributed by atoms with van der Waals surface area (Å²) in [5.74, 6) is 0.139. The second-order valence-electron chi connectivity index (χ2n) is 6.47. The topological polar surface area (TPSA) is 116 Å². The van der Waals surface area contributed by atoms with Crippen LogP contribution in [0.5, 0.6) is 0 Å². The Kier molecular flexibility index (Phi) is 6.69. The zero-order valence-electron chi connectivity index (χ0n) is 15.4. The Bertz CT molecular complexity index is 1110. The molecule has 148 valence electrons. The number of H-pyrrole nitrogens is 1. The second-order valence-corrected chi connectivity index (χ2v) is 6.47. The van der Waals surface area contributed by atoms with Crippen LogP contribution >= 0.6 is 24.8 Å². The molecule has 5 nitrogen and oxygen atoms in total. The van der Waals surface area contributed by atoms with Crippen LogP contribution in [0.15, 0.2) is 72.8 Å². The fourth-order valence-corrected chi connectivity index (χ4v) is 3.13. The Balaban J connectivity index is 0.00000150. The number of aromatic amines is 1. The summed E-state index contributed by atoms with van der Waals surface area (Å²) in [5.41, 5.74) is 17.8. The summed E-state index contributed by atoms with van der Waals surface area (Å²) in [6, 6.07) is 23.7. The fraction of sp³-hybridized carbons (Fsp3) is 0. The average Bonchev–Trinajstić information content (AvgIpc) is 3.11. The van der Waals surface area contributed by atoms with E-state index in [0.29, 0.717) is 5.56 Å². The molecule has 0 aliphatic rings. The van der Waals surface area contributed by atoms with Gasteiger partial charge in [0.1, 0.15) is 11.7 Å². The number of amidine groups is 2. The van der Waals surface area contributed by atoms with Crippen LogP contribution in [0.3, 0.4) is 0 Å². The summed E-state index contributed by atoms with van der Waals surface area (Å²) in [6.07, 6.45) is 0. The normalized spacial score (nSPS) is 10.1. The predicted molar refractivity (Wildman–Crippen MR) is 126 cm³/mol. The highest BCUT2D eigenvalue weighted by molar-refractivity contribution is 5.96. The van der Waals surface area contributed by atoms with E-state index >= 15 is 0 Å². The van der Waals surface area contributed by atoms with Crippen LogP contribution < -0.4 is 11.5 Å². The first kappa shape index (κ1) is 22.0. The Morgan fingerprint density at radius 2 is 1.10 bits per heavy atom. The first-order valence-electron chi connectivity index (χ1n) is 8.54. The molecule has 0 radical (unpaired) electrons. The van der Waals surface area contributed by atoms with E-state index in [1.54, 1.807) is 0 Å². The highest BCUT2D eigenvalue weighted by atomic mass is 35.5. The maximum absolute atomic E-state index is 7.49. The third-order valence-electron chi connectivity index (χ3n) is 4.66. The molecule has 4 rings (SSSR count). The Morgan fingerprint density at radius 1 is 0.621 bits per heavy atom. The van der Waals surface area contributed by atoms with Crippen molar-refractivity contribution in [1.29, 1.82) is 10.8 Å². The highest BCUT2D eigenvalue weighted by Crippen LogP contribution is 2.28. The third kappa shape index (κ3) is 4.42. The van der Waals surface area contributed by atoms with Crippen molar-refractivity contribution in [3.63, 3.8) is 0 Å². The maximum Gasteiger partial charge on any atom is 0.122 e. The van der Waals surface area contributed by atoms with Crippen LogP contribution in [0, 0.1) is 10.8 Å². The number of nitrogen functional groups attached to an aromatic ring is 2. The summed E-state index contributed by atoms with van der Waals surface area (Å²) >= 11 is 0. The third-order valence-corrected chi connectivity index (χ3v) is 4.66. The molecule has 3 aromatic carbocycles. The van der Waals surface area contributed by atoms with Crippen LogP contribution in [0.25, 0.3) is 33.3 Å². The second kappa shape index (κ2) is 8.82. The molecule has 29 heavy (non-hydrogen) atoms. The number of benzene rings is 3. The monoisotopic (exact) mass is 425 g/mol. The van der Waals surface area contributed by atoms with Gasteiger partial charge in [0, 0.05) is 27.7 Å². The van der Waals surface area contributed by atoms with Crippen molar-refractivity contribution in [1.82, 2.24) is 4.98 Å². The van der Waals surface area contributed by atoms with Gasteiger partial charge in [0.25, 0.3) is 0 Å². The van der Waals surface area contributed by atoms with Crippen molar-refractivity contribution in [3.05, 3.63) is 83.9 Å². The summed E-state index contributed by atoms with van der Waals surface area (Å²) in [7, 11) is 0. The standard InChI is InChI=1S/C22H19N5.2ClH/c23-21(24)15-5-1-13(2-6-15)17-9-10-18-12-19(27-20(18)11-17)14-3-7-16(8-4-14)22(25)26;;/h1-12,27H,(H3,23,24)(H3,25,26);2*1H. The molecule has 0 unspecified atom stereocenters. The Labute approximate surface area is 181 Å². The van der Waals surface area contributed by atoms with Gasteiger partial charge in [-0.3, -0.25) is 10.8 Å². The molecular formula is C22H21Cl2N5. The van der Waals surface area contributed by atoms with Crippen LogP contribution in [-0.2, 0) is 0 Å². The predicted octanol–water partition coefficient (Wildman–Crippen LogP) is 4.91. The van der Waals surface area contributed by atoms with Gasteiger partial charge < -0.3 is 16.5 Å². The molecule has 0 bridgehead atoms. The van der Waals surface area contributed by atoms with Crippen LogP contribution in [-0.4, -0.2) is 16.7 Å². The molecule has 0 atom stereocenters. The lowest BCUT2D eigenvalue weighted by Gasteiger charge is -2.04. The van der Waals surface area contributed by atoms with Gasteiger partial charge in [0.15, 0.2) is 0 Å². The average molecular weight is 426 g/mol. The summed E-state index contributed by atoms with van der Waals surface area (Å²) in [4.78, 5) is 3.46. The summed E-state index contributed by atoms with van der Waals surface area (Å²) < 4.78 is 0. The lowest BCUT2D eigenvalue weighted by molar-refractivity contribution is 1.41. The smallest absolute Gasteiger partial charge is 0.122 e. The number of aromatic nitrogens is 1. The van der Waals surface area contributed by atoms with E-state index in [1.807, 2.05) is 48.5 Å². The quantitative estimate of drug-likeness (QED) is 0.236. The fourth-order valence-electron chi connectivity index (χ4n) is 3.13. The molecule has 0 amide bonds. The van der Waals surface area contributed by atoms with Gasteiger partial charge in [-0.25, -0.2) is 0 Å². The lowest BCUT2D eigenvalue weighted by atomic mass is 10.0. The molecule has 1 aromatic heterocycles. The van der Waals surface area contributed by atoms with Crippen LogP contribution in [0.4, 0.5) is 0 Å². The van der Waals surface area contributed by atoms with Crippen molar-refractivity contribution in [2.45, 2.75) is 0 Å². The van der Waals surface area contributed by atoms with Gasteiger partial charge in [-0.2, -0.15) is 0 Å². The molecule has 1 heterocycles. The molecule has 7 heteroatoms. The first-order chi connectivity index (χ1) is 13.0. The summed E-state index contributed by atoms with van der Waals surface area (Å²) in [5, 5.41) is 16.1. The number of rotatable bonds is 4. The van der Waals surface area contributed by atoms with Gasteiger partial charge in [0.05, 0.1) is 0 Å². The first-order valence-corrected chi connectivity index (χ1v) is 8.54. The molecule has 0 aliphatic heterocycles. The highest BCUT2D eigenvalue weighted by Gasteiger charge is 2.07. The SMILES string of the molecule is Cl.Cl.N=C(N)c1ccc(-c2ccc3cc(-c4ccc(C(=N)N)cc4)[nH]c3c2)cc1. The minimum atomic E-state index is 0. The molecule has 4 aromatic rings. The van der Waals surface area contributed by atoms with E-state index < -0.39 is 0 Å². The number of hydrogen-bond donors (Lipinski definition) is 5. The van der Waals surface area contributed by atoms with Gasteiger partial charge >= 0.3 is 0 Å². The zero-order valence-corrected chi connectivity index (χ0v) is 17.0. The van der Waals surface area contributed by atoms with E-state index in [9.17, 15) is 0 Å². The minimum absolute atomic E-state index is 0. The van der Waals surface area contributed by atoms with Crippen molar-refractivity contribution in [2.24, 2.45) is 11.5 Å². The van der Waals surface area contributed by atoms with Gasteiger partial charge in [-0.1, -0.05) is 60.7 Å². The van der Waals surface area contributed by atoms with E-state index in [0.717, 1.165) is 38.9 Å².